The minimum absolute atomic E-state index is 0.0364. The van der Waals surface area contributed by atoms with Crippen LogP contribution in [0.25, 0.3) is 0 Å². The van der Waals surface area contributed by atoms with Gasteiger partial charge < -0.3 is 5.11 Å². The molecular formula is C29H29F3NO3+. The summed E-state index contributed by atoms with van der Waals surface area (Å²) < 4.78 is 40.3. The maximum absolute atomic E-state index is 14.0. The number of rotatable bonds is 6. The molecule has 0 aliphatic carbocycles. The molecule has 188 valence electrons. The van der Waals surface area contributed by atoms with Crippen molar-refractivity contribution in [1.82, 2.24) is 0 Å². The highest BCUT2D eigenvalue weighted by molar-refractivity contribution is 5.77. The number of alkyl halides is 3. The Morgan fingerprint density at radius 1 is 0.944 bits per heavy atom. The lowest BCUT2D eigenvalue weighted by atomic mass is 9.82. The number of benzene rings is 3. The van der Waals surface area contributed by atoms with E-state index in [1.807, 2.05) is 50.2 Å². The summed E-state index contributed by atoms with van der Waals surface area (Å²) in [7, 11) is 0. The first-order chi connectivity index (χ1) is 17.0. The summed E-state index contributed by atoms with van der Waals surface area (Å²) in [5.74, 6) is -1.37. The predicted octanol–water partition coefficient (Wildman–Crippen LogP) is 6.38. The molecule has 2 atom stereocenters. The summed E-state index contributed by atoms with van der Waals surface area (Å²) in [6.45, 7) is 4.36. The molecule has 2 unspecified atom stereocenters. The SMILES string of the molecule is Cc1ccc2c(c1)CC[N+](Cc1cccc(C(F)(F)F)c1)(C(=O)CCC(=O)O)C2c1ccccc1C. The molecule has 36 heavy (non-hydrogen) atoms. The number of fused-ring (bicyclic) bond motifs is 1. The number of carbonyl (C=O) groups excluding carboxylic acids is 1. The number of quaternary nitrogens is 1. The number of halogens is 3. The lowest BCUT2D eigenvalue weighted by Gasteiger charge is -2.47. The fraction of sp³-hybridized carbons (Fsp3) is 0.310. The van der Waals surface area contributed by atoms with Gasteiger partial charge in [-0.05, 0) is 37.1 Å². The first kappa shape index (κ1) is 25.6. The van der Waals surface area contributed by atoms with E-state index in [4.69, 9.17) is 0 Å². The monoisotopic (exact) mass is 496 g/mol. The van der Waals surface area contributed by atoms with E-state index in [1.54, 1.807) is 6.07 Å². The highest BCUT2D eigenvalue weighted by Gasteiger charge is 2.49. The van der Waals surface area contributed by atoms with E-state index in [9.17, 15) is 27.9 Å². The van der Waals surface area contributed by atoms with Crippen LogP contribution in [-0.2, 0) is 28.7 Å². The molecule has 1 heterocycles. The molecule has 1 aliphatic heterocycles. The molecule has 0 aromatic heterocycles. The van der Waals surface area contributed by atoms with Crippen molar-refractivity contribution in [3.8, 4) is 0 Å². The fourth-order valence-corrected chi connectivity index (χ4v) is 5.40. The molecule has 1 aliphatic rings. The molecule has 0 saturated carbocycles. The molecule has 0 radical (unpaired) electrons. The maximum Gasteiger partial charge on any atom is 0.416 e. The van der Waals surface area contributed by atoms with E-state index in [1.165, 1.54) is 6.07 Å². The highest BCUT2D eigenvalue weighted by Crippen LogP contribution is 2.45. The van der Waals surface area contributed by atoms with Gasteiger partial charge in [-0.15, -0.1) is 0 Å². The Labute approximate surface area is 208 Å². The molecule has 0 bridgehead atoms. The number of carbonyl (C=O) groups is 2. The maximum atomic E-state index is 14.0. The number of carboxylic acid groups (broad SMARTS) is 1. The van der Waals surface area contributed by atoms with Crippen molar-refractivity contribution in [3.63, 3.8) is 0 Å². The Morgan fingerprint density at radius 2 is 1.69 bits per heavy atom. The van der Waals surface area contributed by atoms with Crippen LogP contribution in [0.2, 0.25) is 0 Å². The second-order valence-electron chi connectivity index (χ2n) is 9.61. The zero-order valence-electron chi connectivity index (χ0n) is 20.3. The summed E-state index contributed by atoms with van der Waals surface area (Å²) in [5.41, 5.74) is 4.65. The molecule has 0 spiro atoms. The first-order valence-electron chi connectivity index (χ1n) is 11.9. The zero-order valence-corrected chi connectivity index (χ0v) is 20.3. The molecule has 3 aromatic rings. The van der Waals surface area contributed by atoms with E-state index in [0.717, 1.165) is 39.9 Å². The molecule has 4 nitrogen and oxygen atoms in total. The Balaban J connectivity index is 1.93. The van der Waals surface area contributed by atoms with Crippen molar-refractivity contribution in [2.24, 2.45) is 0 Å². The van der Waals surface area contributed by atoms with E-state index in [0.29, 0.717) is 18.5 Å². The van der Waals surface area contributed by atoms with Crippen molar-refractivity contribution in [3.05, 3.63) is 106 Å². The first-order valence-corrected chi connectivity index (χ1v) is 11.9. The molecule has 0 saturated heterocycles. The number of aryl methyl sites for hydroxylation is 2. The van der Waals surface area contributed by atoms with Gasteiger partial charge in [-0.2, -0.15) is 13.2 Å². The molecule has 3 aromatic carbocycles. The smallest absolute Gasteiger partial charge is 0.416 e. The van der Waals surface area contributed by atoms with Gasteiger partial charge in [0.1, 0.15) is 12.6 Å². The van der Waals surface area contributed by atoms with Crippen LogP contribution in [-0.4, -0.2) is 28.0 Å². The minimum atomic E-state index is -4.50. The Kier molecular flexibility index (Phi) is 7.05. The third-order valence-corrected chi connectivity index (χ3v) is 7.12. The lowest BCUT2D eigenvalue weighted by Crippen LogP contribution is -2.58. The average Bonchev–Trinajstić information content (AvgIpc) is 2.82. The summed E-state index contributed by atoms with van der Waals surface area (Å²) in [5, 5.41) is 9.29. The minimum Gasteiger partial charge on any atom is -0.481 e. The van der Waals surface area contributed by atoms with Gasteiger partial charge in [0, 0.05) is 23.1 Å². The van der Waals surface area contributed by atoms with Crippen LogP contribution in [0.3, 0.4) is 0 Å². The zero-order chi connectivity index (χ0) is 26.1. The average molecular weight is 497 g/mol. The number of hydrogen-bond donors (Lipinski definition) is 1. The Bertz CT molecular complexity index is 1300. The summed E-state index contributed by atoms with van der Waals surface area (Å²) in [4.78, 5) is 25.3. The van der Waals surface area contributed by atoms with E-state index >= 15 is 0 Å². The summed E-state index contributed by atoms with van der Waals surface area (Å²) in [6, 6.07) is 18.4. The number of amides is 1. The number of hydrogen-bond acceptors (Lipinski definition) is 2. The summed E-state index contributed by atoms with van der Waals surface area (Å²) in [6.07, 6.45) is -4.46. The van der Waals surface area contributed by atoms with Crippen molar-refractivity contribution in [1.29, 1.82) is 0 Å². The predicted molar refractivity (Wildman–Crippen MR) is 130 cm³/mol. The van der Waals surface area contributed by atoms with Gasteiger partial charge in [-0.3, -0.25) is 4.79 Å². The van der Waals surface area contributed by atoms with Gasteiger partial charge in [0.25, 0.3) is 0 Å². The molecule has 1 N–H and O–H groups in total. The number of carboxylic acids is 1. The highest BCUT2D eigenvalue weighted by atomic mass is 19.4. The molecule has 4 rings (SSSR count). The normalized spacial score (nSPS) is 19.5. The van der Waals surface area contributed by atoms with Crippen molar-refractivity contribution < 1.29 is 32.3 Å². The number of aliphatic carboxylic acids is 1. The molecule has 7 heteroatoms. The van der Waals surface area contributed by atoms with Crippen LogP contribution in [0.5, 0.6) is 0 Å². The quantitative estimate of drug-likeness (QED) is 0.403. The van der Waals surface area contributed by atoms with Crippen molar-refractivity contribution >= 4 is 11.9 Å². The Morgan fingerprint density at radius 3 is 2.39 bits per heavy atom. The van der Waals surface area contributed by atoms with Crippen LogP contribution in [0, 0.1) is 13.8 Å². The second-order valence-corrected chi connectivity index (χ2v) is 9.61. The van der Waals surface area contributed by atoms with Gasteiger partial charge >= 0.3 is 18.1 Å². The van der Waals surface area contributed by atoms with Gasteiger partial charge in [-0.25, -0.2) is 9.28 Å². The Hall–Kier alpha value is -3.45. The molecule has 1 amide bonds. The fourth-order valence-electron chi connectivity index (χ4n) is 5.40. The van der Waals surface area contributed by atoms with Crippen molar-refractivity contribution in [2.75, 3.05) is 6.54 Å². The third-order valence-electron chi connectivity index (χ3n) is 7.12. The van der Waals surface area contributed by atoms with Crippen molar-refractivity contribution in [2.45, 2.75) is 51.9 Å². The molecule has 0 fully saturated rings. The number of nitrogens with zero attached hydrogens (tertiary/aromatic N) is 1. The van der Waals surface area contributed by atoms with E-state index in [-0.39, 0.29) is 29.8 Å². The summed E-state index contributed by atoms with van der Waals surface area (Å²) >= 11 is 0. The van der Waals surface area contributed by atoms with Gasteiger partial charge in [0.2, 0.25) is 0 Å². The largest absolute Gasteiger partial charge is 0.481 e. The van der Waals surface area contributed by atoms with E-state index < -0.39 is 23.8 Å². The molecular weight excluding hydrogens is 467 g/mol. The van der Waals surface area contributed by atoms with E-state index in [2.05, 4.69) is 6.07 Å². The van der Waals surface area contributed by atoms with Crippen LogP contribution >= 0.6 is 0 Å². The third kappa shape index (κ3) is 5.07. The van der Waals surface area contributed by atoms with Crippen LogP contribution in [0.1, 0.15) is 57.8 Å². The van der Waals surface area contributed by atoms with Gasteiger partial charge in [0.05, 0.1) is 24.9 Å². The second kappa shape index (κ2) is 9.90. The van der Waals surface area contributed by atoms with Crippen LogP contribution in [0.4, 0.5) is 13.2 Å². The standard InChI is InChI=1S/C29H28F3NO3/c1-19-10-11-25-22(16-19)14-15-33(26(34)12-13-27(35)36,28(25)24-9-4-3-6-20(24)2)18-21-7-5-8-23(17-21)29(30,31)32/h3-11,16-17,28H,12-15,18H2,1-2H3/p+1. The topological polar surface area (TPSA) is 54.4 Å². The van der Waals surface area contributed by atoms with Gasteiger partial charge in [-0.1, -0.05) is 60.2 Å². The lowest BCUT2D eigenvalue weighted by molar-refractivity contribution is -0.895. The van der Waals surface area contributed by atoms with Crippen LogP contribution in [0.15, 0.2) is 66.7 Å². The van der Waals surface area contributed by atoms with Gasteiger partial charge in [0.15, 0.2) is 0 Å². The van der Waals surface area contributed by atoms with Crippen LogP contribution < -0.4 is 0 Å².